The fraction of sp³-hybridized carbons (Fsp3) is 0.688. The van der Waals surface area contributed by atoms with Crippen molar-refractivity contribution in [3.05, 3.63) is 17.0 Å². The molecule has 0 N–H and O–H groups in total. The summed E-state index contributed by atoms with van der Waals surface area (Å²) < 4.78 is 34.4. The molecule has 2 amide bonds. The molecule has 1 aromatic rings. The van der Waals surface area contributed by atoms with Crippen molar-refractivity contribution in [2.45, 2.75) is 51.8 Å². The van der Waals surface area contributed by atoms with Crippen LogP contribution in [0.5, 0.6) is 0 Å². The van der Waals surface area contributed by atoms with Gasteiger partial charge in [-0.25, -0.2) is 13.6 Å². The van der Waals surface area contributed by atoms with Crippen LogP contribution in [0, 0.1) is 0 Å². The summed E-state index contributed by atoms with van der Waals surface area (Å²) in [5.74, 6) is -3.55. The molecule has 0 saturated carbocycles. The van der Waals surface area contributed by atoms with Crippen LogP contribution in [0.3, 0.4) is 0 Å². The van der Waals surface area contributed by atoms with Crippen LogP contribution in [0.1, 0.15) is 42.5 Å². The van der Waals surface area contributed by atoms with Gasteiger partial charge in [-0.05, 0) is 20.8 Å². The number of carbonyl (C=O) groups excluding carboxylic acids is 2. The van der Waals surface area contributed by atoms with Gasteiger partial charge in [-0.1, -0.05) is 0 Å². The summed E-state index contributed by atoms with van der Waals surface area (Å²) in [6.45, 7) is 4.52. The predicted molar refractivity (Wildman–Crippen MR) is 84.5 cm³/mol. The summed E-state index contributed by atoms with van der Waals surface area (Å²) in [6.07, 6.45) is -0.0882. The Bertz CT molecular complexity index is 724. The van der Waals surface area contributed by atoms with Gasteiger partial charge in [0, 0.05) is 25.6 Å². The van der Waals surface area contributed by atoms with Gasteiger partial charge in [0.1, 0.15) is 17.8 Å². The van der Waals surface area contributed by atoms with E-state index in [-0.39, 0.29) is 12.2 Å². The van der Waals surface area contributed by atoms with E-state index in [9.17, 15) is 18.4 Å². The van der Waals surface area contributed by atoms with Gasteiger partial charge in [0.25, 0.3) is 11.8 Å². The molecule has 2 aliphatic rings. The highest BCUT2D eigenvalue weighted by molar-refractivity contribution is 5.94. The van der Waals surface area contributed by atoms with E-state index in [2.05, 4.69) is 5.10 Å². The molecule has 0 spiro atoms. The second-order valence-electron chi connectivity index (χ2n) is 7.60. The number of fused-ring (bicyclic) bond motifs is 3. The topological polar surface area (TPSA) is 67.7 Å². The zero-order valence-electron chi connectivity index (χ0n) is 14.8. The Morgan fingerprint density at radius 1 is 1.28 bits per heavy atom. The van der Waals surface area contributed by atoms with Gasteiger partial charge >= 0.3 is 6.09 Å². The maximum atomic E-state index is 14.0. The number of nitrogens with zero attached hydrogens (tertiary/aromatic N) is 4. The highest BCUT2D eigenvalue weighted by Crippen LogP contribution is 2.30. The third-order valence-corrected chi connectivity index (χ3v) is 4.15. The predicted octanol–water partition coefficient (Wildman–Crippen LogP) is 1.90. The van der Waals surface area contributed by atoms with Gasteiger partial charge < -0.3 is 14.5 Å². The molecule has 3 rings (SSSR count). The van der Waals surface area contributed by atoms with Crippen LogP contribution in [0.4, 0.5) is 13.6 Å². The van der Waals surface area contributed by atoms with Crippen molar-refractivity contribution in [2.75, 3.05) is 20.1 Å². The number of aromatic nitrogens is 2. The third-order valence-electron chi connectivity index (χ3n) is 4.15. The fourth-order valence-electron chi connectivity index (χ4n) is 3.13. The Kier molecular flexibility index (Phi) is 4.00. The minimum absolute atomic E-state index is 0.130. The smallest absolute Gasteiger partial charge is 0.410 e. The molecule has 0 aromatic carbocycles. The number of ether oxygens (including phenoxy) is 1. The fourth-order valence-corrected chi connectivity index (χ4v) is 3.13. The van der Waals surface area contributed by atoms with Crippen molar-refractivity contribution >= 4 is 12.0 Å². The van der Waals surface area contributed by atoms with E-state index in [0.717, 1.165) is 9.58 Å². The van der Waals surface area contributed by atoms with Crippen LogP contribution in [0.15, 0.2) is 0 Å². The van der Waals surface area contributed by atoms with Gasteiger partial charge in [-0.15, -0.1) is 0 Å². The lowest BCUT2D eigenvalue weighted by molar-refractivity contribution is -0.0336. The van der Waals surface area contributed by atoms with Crippen molar-refractivity contribution in [1.82, 2.24) is 19.6 Å². The quantitative estimate of drug-likeness (QED) is 0.712. The zero-order valence-corrected chi connectivity index (χ0v) is 14.8. The van der Waals surface area contributed by atoms with Gasteiger partial charge in [0.05, 0.1) is 18.8 Å². The summed E-state index contributed by atoms with van der Waals surface area (Å²) in [5, 5.41) is 4.21. The minimum Gasteiger partial charge on any atom is -0.444 e. The van der Waals surface area contributed by atoms with Gasteiger partial charge in [0.2, 0.25) is 0 Å². The molecule has 25 heavy (non-hydrogen) atoms. The van der Waals surface area contributed by atoms with Crippen molar-refractivity contribution in [3.8, 4) is 0 Å². The van der Waals surface area contributed by atoms with Gasteiger partial charge in [-0.2, -0.15) is 5.10 Å². The summed E-state index contributed by atoms with van der Waals surface area (Å²) in [6, 6.07) is 0. The molecule has 0 saturated heterocycles. The van der Waals surface area contributed by atoms with Crippen LogP contribution in [-0.4, -0.2) is 63.2 Å². The molecule has 0 bridgehead atoms. The lowest BCUT2D eigenvalue weighted by Gasteiger charge is -2.30. The van der Waals surface area contributed by atoms with Gasteiger partial charge in [-0.3, -0.25) is 9.48 Å². The molecule has 2 aliphatic heterocycles. The lowest BCUT2D eigenvalue weighted by atomic mass is 10.1. The van der Waals surface area contributed by atoms with Crippen molar-refractivity contribution in [3.63, 3.8) is 0 Å². The Morgan fingerprint density at radius 3 is 2.60 bits per heavy atom. The third kappa shape index (κ3) is 3.45. The Hall–Kier alpha value is -2.19. The second-order valence-corrected chi connectivity index (χ2v) is 7.60. The first-order valence-corrected chi connectivity index (χ1v) is 8.17. The van der Waals surface area contributed by atoms with E-state index in [1.165, 1.54) is 11.9 Å². The van der Waals surface area contributed by atoms with Crippen LogP contribution < -0.4 is 0 Å². The van der Waals surface area contributed by atoms with Crippen molar-refractivity contribution in [1.29, 1.82) is 0 Å². The Balaban J connectivity index is 1.92. The molecule has 0 aliphatic carbocycles. The summed E-state index contributed by atoms with van der Waals surface area (Å²) >= 11 is 0. The number of amides is 2. The minimum atomic E-state index is -3.05. The van der Waals surface area contributed by atoms with Crippen LogP contribution in [0.25, 0.3) is 0 Å². The lowest BCUT2D eigenvalue weighted by Crippen LogP contribution is -2.41. The maximum absolute atomic E-state index is 14.0. The number of hydrogen-bond acceptors (Lipinski definition) is 4. The van der Waals surface area contributed by atoms with Crippen LogP contribution >= 0.6 is 0 Å². The van der Waals surface area contributed by atoms with E-state index < -0.39 is 36.6 Å². The zero-order chi connectivity index (χ0) is 18.6. The van der Waals surface area contributed by atoms with E-state index in [4.69, 9.17) is 4.74 Å². The second kappa shape index (κ2) is 5.67. The number of carbonyl (C=O) groups is 2. The first-order chi connectivity index (χ1) is 11.5. The molecule has 0 fully saturated rings. The first-order valence-electron chi connectivity index (χ1n) is 8.17. The Labute approximate surface area is 144 Å². The largest absolute Gasteiger partial charge is 0.444 e. The SMILES string of the molecule is CN1CC(F)(F)Cn2nc3c(c2C1=O)CN(C(=O)OC(C)(C)C)CC3. The van der Waals surface area contributed by atoms with E-state index in [0.29, 0.717) is 24.2 Å². The maximum Gasteiger partial charge on any atom is 0.410 e. The molecule has 3 heterocycles. The molecule has 9 heteroatoms. The van der Waals surface area contributed by atoms with Crippen molar-refractivity contribution < 1.29 is 23.1 Å². The average molecular weight is 356 g/mol. The normalized spacial score (nSPS) is 20.0. The highest BCUT2D eigenvalue weighted by atomic mass is 19.3. The summed E-state index contributed by atoms with van der Waals surface area (Å²) in [5.41, 5.74) is 0.634. The van der Waals surface area contributed by atoms with Crippen LogP contribution in [-0.2, 0) is 24.2 Å². The first kappa shape index (κ1) is 17.6. The van der Waals surface area contributed by atoms with Gasteiger partial charge in [0.15, 0.2) is 0 Å². The monoisotopic (exact) mass is 356 g/mol. The molecular weight excluding hydrogens is 334 g/mol. The van der Waals surface area contributed by atoms with E-state index in [1.807, 2.05) is 0 Å². The number of hydrogen-bond donors (Lipinski definition) is 0. The highest BCUT2D eigenvalue weighted by Gasteiger charge is 2.42. The molecule has 0 radical (unpaired) electrons. The summed E-state index contributed by atoms with van der Waals surface area (Å²) in [4.78, 5) is 27.3. The Morgan fingerprint density at radius 2 is 1.96 bits per heavy atom. The molecular formula is C16H22F2N4O3. The number of rotatable bonds is 0. The molecule has 0 unspecified atom stereocenters. The van der Waals surface area contributed by atoms with E-state index in [1.54, 1.807) is 20.8 Å². The van der Waals surface area contributed by atoms with E-state index >= 15 is 0 Å². The average Bonchev–Trinajstić information content (AvgIpc) is 2.75. The molecule has 1 aromatic heterocycles. The summed E-state index contributed by atoms with van der Waals surface area (Å²) in [7, 11) is 1.35. The number of halogens is 2. The number of alkyl halides is 2. The standard InChI is InChI=1S/C16H22F2N4O3/c1-15(2,3)25-14(24)21-6-5-11-10(7-21)12-13(23)20(4)8-16(17,18)9-22(12)19-11/h5-9H2,1-4H3. The molecule has 138 valence electrons. The molecule has 7 nitrogen and oxygen atoms in total. The van der Waals surface area contributed by atoms with Crippen LogP contribution in [0.2, 0.25) is 0 Å². The molecule has 0 atom stereocenters. The van der Waals surface area contributed by atoms with Crippen molar-refractivity contribution in [2.24, 2.45) is 0 Å².